The minimum Gasteiger partial charge on any atom is -0.306 e. The SMILES string of the molecule is Brc1ccc(-c2csc(C3CSCCN3)n2)s1. The number of aromatic nitrogens is 1. The van der Waals surface area contributed by atoms with Crippen LogP contribution in [0.1, 0.15) is 11.0 Å². The zero-order valence-electron chi connectivity index (χ0n) is 8.98. The molecule has 1 atom stereocenters. The van der Waals surface area contributed by atoms with Gasteiger partial charge in [-0.3, -0.25) is 0 Å². The maximum Gasteiger partial charge on any atom is 0.111 e. The summed E-state index contributed by atoms with van der Waals surface area (Å²) in [5.41, 5.74) is 1.11. The third-order valence-electron chi connectivity index (χ3n) is 2.57. The van der Waals surface area contributed by atoms with Gasteiger partial charge in [0.05, 0.1) is 20.4 Å². The molecule has 0 aromatic carbocycles. The van der Waals surface area contributed by atoms with Gasteiger partial charge in [-0.2, -0.15) is 11.8 Å². The number of rotatable bonds is 2. The molecule has 1 fully saturated rings. The van der Waals surface area contributed by atoms with Gasteiger partial charge in [0.1, 0.15) is 5.01 Å². The Balaban J connectivity index is 1.82. The standard InChI is InChI=1S/C11H11BrN2S3/c12-10-2-1-9(17-10)7-6-16-11(14-7)8-5-15-4-3-13-8/h1-2,6,8,13H,3-5H2. The van der Waals surface area contributed by atoms with Crippen molar-refractivity contribution in [2.24, 2.45) is 0 Å². The number of thiazole rings is 1. The van der Waals surface area contributed by atoms with Gasteiger partial charge < -0.3 is 5.32 Å². The molecular formula is C11H11BrN2S3. The molecule has 2 aromatic rings. The molecule has 3 heterocycles. The van der Waals surface area contributed by atoms with E-state index in [-0.39, 0.29) is 0 Å². The lowest BCUT2D eigenvalue weighted by Gasteiger charge is -2.20. The Morgan fingerprint density at radius 1 is 1.41 bits per heavy atom. The molecule has 0 aliphatic carbocycles. The lowest BCUT2D eigenvalue weighted by atomic mass is 10.3. The highest BCUT2D eigenvalue weighted by Gasteiger charge is 2.18. The highest BCUT2D eigenvalue weighted by atomic mass is 79.9. The fraction of sp³-hybridized carbons (Fsp3) is 0.364. The molecule has 17 heavy (non-hydrogen) atoms. The van der Waals surface area contributed by atoms with Crippen molar-refractivity contribution < 1.29 is 0 Å². The molecule has 6 heteroatoms. The molecule has 0 bridgehead atoms. The van der Waals surface area contributed by atoms with E-state index in [4.69, 9.17) is 4.98 Å². The van der Waals surface area contributed by atoms with Crippen LogP contribution in [0.2, 0.25) is 0 Å². The van der Waals surface area contributed by atoms with Crippen molar-refractivity contribution in [2.75, 3.05) is 18.1 Å². The van der Waals surface area contributed by atoms with Gasteiger partial charge in [-0.05, 0) is 28.1 Å². The number of thioether (sulfide) groups is 1. The molecule has 1 aliphatic rings. The monoisotopic (exact) mass is 346 g/mol. The zero-order chi connectivity index (χ0) is 11.7. The second-order valence-electron chi connectivity index (χ2n) is 3.76. The lowest BCUT2D eigenvalue weighted by molar-refractivity contribution is 0.592. The van der Waals surface area contributed by atoms with Gasteiger partial charge in [-0.1, -0.05) is 0 Å². The van der Waals surface area contributed by atoms with E-state index in [1.165, 1.54) is 15.6 Å². The molecule has 0 saturated carbocycles. The predicted octanol–water partition coefficient (Wildman–Crippen LogP) is 4.01. The van der Waals surface area contributed by atoms with Crippen molar-refractivity contribution in [1.82, 2.24) is 10.3 Å². The Labute approximate surface area is 121 Å². The van der Waals surface area contributed by atoms with Crippen LogP contribution < -0.4 is 5.32 Å². The van der Waals surface area contributed by atoms with Gasteiger partial charge in [0.25, 0.3) is 0 Å². The third kappa shape index (κ3) is 2.76. The summed E-state index contributed by atoms with van der Waals surface area (Å²) in [6.07, 6.45) is 0. The average Bonchev–Trinajstić information content (AvgIpc) is 2.98. The third-order valence-corrected chi connectivity index (χ3v) is 6.23. The summed E-state index contributed by atoms with van der Waals surface area (Å²) in [4.78, 5) is 5.99. The predicted molar refractivity (Wildman–Crippen MR) is 81.2 cm³/mol. The Morgan fingerprint density at radius 3 is 3.06 bits per heavy atom. The number of thiophene rings is 1. The van der Waals surface area contributed by atoms with Crippen molar-refractivity contribution in [3.8, 4) is 10.6 Å². The van der Waals surface area contributed by atoms with Crippen molar-refractivity contribution >= 4 is 50.4 Å². The Bertz CT molecular complexity index is 502. The van der Waals surface area contributed by atoms with Crippen molar-refractivity contribution in [1.29, 1.82) is 0 Å². The molecule has 1 N–H and O–H groups in total. The molecule has 2 nitrogen and oxygen atoms in total. The lowest BCUT2D eigenvalue weighted by Crippen LogP contribution is -2.30. The van der Waals surface area contributed by atoms with Crippen LogP contribution in [0.15, 0.2) is 21.3 Å². The first kappa shape index (κ1) is 12.2. The molecule has 0 radical (unpaired) electrons. The second-order valence-corrected chi connectivity index (χ2v) is 8.26. The van der Waals surface area contributed by atoms with E-state index in [1.54, 1.807) is 22.7 Å². The summed E-state index contributed by atoms with van der Waals surface area (Å²) in [6.45, 7) is 1.09. The summed E-state index contributed by atoms with van der Waals surface area (Å²) in [6, 6.07) is 4.64. The number of hydrogen-bond donors (Lipinski definition) is 1. The molecule has 2 aromatic heterocycles. The fourth-order valence-electron chi connectivity index (χ4n) is 1.74. The Kier molecular flexibility index (Phi) is 3.87. The van der Waals surface area contributed by atoms with Crippen molar-refractivity contribution in [2.45, 2.75) is 6.04 Å². The number of halogens is 1. The van der Waals surface area contributed by atoms with E-state index >= 15 is 0 Å². The Morgan fingerprint density at radius 2 is 2.35 bits per heavy atom. The first-order chi connectivity index (χ1) is 8.33. The van der Waals surface area contributed by atoms with E-state index in [0.717, 1.165) is 21.8 Å². The van der Waals surface area contributed by atoms with Crippen LogP contribution in [0.4, 0.5) is 0 Å². The topological polar surface area (TPSA) is 24.9 Å². The van der Waals surface area contributed by atoms with Crippen LogP contribution in [0.25, 0.3) is 10.6 Å². The van der Waals surface area contributed by atoms with Crippen LogP contribution in [0.5, 0.6) is 0 Å². The molecule has 90 valence electrons. The number of nitrogens with one attached hydrogen (secondary N) is 1. The first-order valence-electron chi connectivity index (χ1n) is 5.35. The molecule has 1 unspecified atom stereocenters. The van der Waals surface area contributed by atoms with E-state index in [2.05, 4.69) is 38.8 Å². The number of nitrogens with zero attached hydrogens (tertiary/aromatic N) is 1. The summed E-state index contributed by atoms with van der Waals surface area (Å²) in [5, 5.41) is 6.91. The van der Waals surface area contributed by atoms with E-state index in [0.29, 0.717) is 6.04 Å². The molecule has 0 amide bonds. The molecule has 3 rings (SSSR count). The minimum absolute atomic E-state index is 0.441. The molecular weight excluding hydrogens is 336 g/mol. The van der Waals surface area contributed by atoms with Crippen LogP contribution >= 0.6 is 50.4 Å². The molecule has 0 spiro atoms. The van der Waals surface area contributed by atoms with Crippen LogP contribution in [-0.2, 0) is 0 Å². The van der Waals surface area contributed by atoms with Gasteiger partial charge in [0.15, 0.2) is 0 Å². The van der Waals surface area contributed by atoms with Crippen LogP contribution in [0, 0.1) is 0 Å². The van der Waals surface area contributed by atoms with Crippen molar-refractivity contribution in [3.63, 3.8) is 0 Å². The smallest absolute Gasteiger partial charge is 0.111 e. The quantitative estimate of drug-likeness (QED) is 0.889. The maximum absolute atomic E-state index is 4.75. The highest BCUT2D eigenvalue weighted by molar-refractivity contribution is 9.11. The highest BCUT2D eigenvalue weighted by Crippen LogP contribution is 2.34. The summed E-state index contributed by atoms with van der Waals surface area (Å²) in [7, 11) is 0. The second kappa shape index (κ2) is 5.40. The van der Waals surface area contributed by atoms with Gasteiger partial charge in [-0.25, -0.2) is 4.98 Å². The number of hydrogen-bond acceptors (Lipinski definition) is 5. The van der Waals surface area contributed by atoms with Gasteiger partial charge in [0.2, 0.25) is 0 Å². The minimum atomic E-state index is 0.441. The average molecular weight is 347 g/mol. The van der Waals surface area contributed by atoms with Crippen LogP contribution in [-0.4, -0.2) is 23.0 Å². The fourth-order valence-corrected chi connectivity index (χ4v) is 5.10. The van der Waals surface area contributed by atoms with Gasteiger partial charge in [-0.15, -0.1) is 22.7 Å². The van der Waals surface area contributed by atoms with Gasteiger partial charge >= 0.3 is 0 Å². The summed E-state index contributed by atoms with van der Waals surface area (Å²) >= 11 is 9.00. The first-order valence-corrected chi connectivity index (χ1v) is 8.99. The largest absolute Gasteiger partial charge is 0.306 e. The maximum atomic E-state index is 4.75. The van der Waals surface area contributed by atoms with E-state index in [1.807, 2.05) is 11.8 Å². The Hall–Kier alpha value is 0.120. The zero-order valence-corrected chi connectivity index (χ0v) is 13.0. The van der Waals surface area contributed by atoms with Crippen LogP contribution in [0.3, 0.4) is 0 Å². The van der Waals surface area contributed by atoms with E-state index < -0.39 is 0 Å². The normalized spacial score (nSPS) is 20.6. The summed E-state index contributed by atoms with van der Waals surface area (Å²) < 4.78 is 1.16. The summed E-state index contributed by atoms with van der Waals surface area (Å²) in [5.74, 6) is 2.35. The van der Waals surface area contributed by atoms with Gasteiger partial charge in [0, 0.05) is 23.4 Å². The van der Waals surface area contributed by atoms with E-state index in [9.17, 15) is 0 Å². The van der Waals surface area contributed by atoms with Crippen molar-refractivity contribution in [3.05, 3.63) is 26.3 Å². The molecule has 1 saturated heterocycles. The molecule has 1 aliphatic heterocycles.